The highest BCUT2D eigenvalue weighted by molar-refractivity contribution is 7.12. The summed E-state index contributed by atoms with van der Waals surface area (Å²) in [4.78, 5) is 18.6. The minimum atomic E-state index is -0.0363. The predicted octanol–water partition coefficient (Wildman–Crippen LogP) is 5.17. The van der Waals surface area contributed by atoms with E-state index >= 15 is 0 Å². The Morgan fingerprint density at radius 2 is 2.10 bits per heavy atom. The average molecular weight is 322 g/mol. The second-order valence-electron chi connectivity index (χ2n) is 5.66. The molecule has 1 unspecified atom stereocenters. The highest BCUT2D eigenvalue weighted by atomic mass is 32.1. The van der Waals surface area contributed by atoms with Crippen LogP contribution >= 0.6 is 22.7 Å². The Balaban J connectivity index is 2.14. The summed E-state index contributed by atoms with van der Waals surface area (Å²) < 4.78 is 0. The molecule has 0 aliphatic rings. The predicted molar refractivity (Wildman–Crippen MR) is 91.6 cm³/mol. The number of thiophene rings is 1. The first-order valence-electron chi connectivity index (χ1n) is 7.34. The van der Waals surface area contributed by atoms with E-state index in [0.717, 1.165) is 29.1 Å². The van der Waals surface area contributed by atoms with E-state index in [0.29, 0.717) is 11.8 Å². The monoisotopic (exact) mass is 322 g/mol. The van der Waals surface area contributed by atoms with Gasteiger partial charge in [0.2, 0.25) is 0 Å². The van der Waals surface area contributed by atoms with Crippen molar-refractivity contribution in [1.29, 1.82) is 0 Å². The standard InChI is InChI=1S/C16H22N2OS2/c1-5-12-15(21-9-17-12)16(19)18-13-6-7-20-14(13)11(4)8-10(2)3/h6-7,9-11H,5,8H2,1-4H3,(H,18,19). The maximum absolute atomic E-state index is 12.4. The van der Waals surface area contributed by atoms with E-state index in [1.165, 1.54) is 16.2 Å². The highest BCUT2D eigenvalue weighted by Gasteiger charge is 2.18. The lowest BCUT2D eigenvalue weighted by Crippen LogP contribution is -2.13. The number of hydrogen-bond donors (Lipinski definition) is 1. The number of carbonyl (C=O) groups is 1. The van der Waals surface area contributed by atoms with Crippen molar-refractivity contribution in [1.82, 2.24) is 4.98 Å². The zero-order chi connectivity index (χ0) is 15.4. The topological polar surface area (TPSA) is 42.0 Å². The van der Waals surface area contributed by atoms with Crippen molar-refractivity contribution in [3.63, 3.8) is 0 Å². The van der Waals surface area contributed by atoms with E-state index in [1.807, 2.05) is 13.0 Å². The van der Waals surface area contributed by atoms with Crippen LogP contribution in [0.15, 0.2) is 17.0 Å². The quantitative estimate of drug-likeness (QED) is 0.797. The molecule has 1 N–H and O–H groups in total. The number of aromatic nitrogens is 1. The van der Waals surface area contributed by atoms with E-state index in [9.17, 15) is 4.79 Å². The lowest BCUT2D eigenvalue weighted by atomic mass is 9.97. The van der Waals surface area contributed by atoms with Crippen molar-refractivity contribution in [2.45, 2.75) is 46.5 Å². The highest BCUT2D eigenvalue weighted by Crippen LogP contribution is 2.34. The van der Waals surface area contributed by atoms with Crippen LogP contribution in [-0.2, 0) is 6.42 Å². The molecule has 5 heteroatoms. The first-order valence-corrected chi connectivity index (χ1v) is 9.09. The van der Waals surface area contributed by atoms with Gasteiger partial charge in [0.25, 0.3) is 5.91 Å². The summed E-state index contributed by atoms with van der Waals surface area (Å²) in [7, 11) is 0. The molecular formula is C16H22N2OS2. The SMILES string of the molecule is CCc1ncsc1C(=O)Nc1ccsc1C(C)CC(C)C. The molecule has 0 radical (unpaired) electrons. The molecule has 0 saturated carbocycles. The van der Waals surface area contributed by atoms with Crippen molar-refractivity contribution in [2.24, 2.45) is 5.92 Å². The summed E-state index contributed by atoms with van der Waals surface area (Å²) in [5, 5.41) is 5.11. The van der Waals surface area contributed by atoms with E-state index in [-0.39, 0.29) is 5.91 Å². The average Bonchev–Trinajstić information content (AvgIpc) is 3.05. The molecule has 2 rings (SSSR count). The van der Waals surface area contributed by atoms with E-state index in [4.69, 9.17) is 0 Å². The first-order chi connectivity index (χ1) is 10.0. The maximum atomic E-state index is 12.4. The van der Waals surface area contributed by atoms with Crippen molar-refractivity contribution >= 4 is 34.3 Å². The Labute approximate surface area is 134 Å². The van der Waals surface area contributed by atoms with Gasteiger partial charge in [0.15, 0.2) is 0 Å². The number of anilines is 1. The van der Waals surface area contributed by atoms with Gasteiger partial charge < -0.3 is 5.32 Å². The van der Waals surface area contributed by atoms with Gasteiger partial charge in [-0.2, -0.15) is 0 Å². The third kappa shape index (κ3) is 3.92. The fraction of sp³-hybridized carbons (Fsp3) is 0.500. The summed E-state index contributed by atoms with van der Waals surface area (Å²) in [6.07, 6.45) is 1.91. The molecule has 0 bridgehead atoms. The Hall–Kier alpha value is -1.20. The van der Waals surface area contributed by atoms with Gasteiger partial charge in [0, 0.05) is 4.88 Å². The Kier molecular flexibility index (Phi) is 5.53. The normalized spacial score (nSPS) is 12.6. The molecule has 0 saturated heterocycles. The van der Waals surface area contributed by atoms with Crippen LogP contribution in [0.25, 0.3) is 0 Å². The molecule has 1 atom stereocenters. The number of carbonyl (C=O) groups excluding carboxylic acids is 1. The van der Waals surface area contributed by atoms with Gasteiger partial charge in [-0.25, -0.2) is 4.98 Å². The molecule has 0 aliphatic heterocycles. The van der Waals surface area contributed by atoms with Crippen LogP contribution in [0.4, 0.5) is 5.69 Å². The second kappa shape index (κ2) is 7.18. The van der Waals surface area contributed by atoms with E-state index < -0.39 is 0 Å². The van der Waals surface area contributed by atoms with Crippen LogP contribution in [0.3, 0.4) is 0 Å². The van der Waals surface area contributed by atoms with Crippen molar-refractivity contribution in [3.8, 4) is 0 Å². The molecule has 0 spiro atoms. The molecule has 21 heavy (non-hydrogen) atoms. The van der Waals surface area contributed by atoms with Gasteiger partial charge in [-0.05, 0) is 36.1 Å². The van der Waals surface area contributed by atoms with Crippen molar-refractivity contribution in [2.75, 3.05) is 5.32 Å². The minimum absolute atomic E-state index is 0.0363. The van der Waals surface area contributed by atoms with Gasteiger partial charge in [-0.15, -0.1) is 22.7 Å². The molecule has 114 valence electrons. The number of nitrogens with zero attached hydrogens (tertiary/aromatic N) is 1. The molecule has 3 nitrogen and oxygen atoms in total. The minimum Gasteiger partial charge on any atom is -0.320 e. The fourth-order valence-electron chi connectivity index (χ4n) is 2.50. The molecule has 2 heterocycles. The van der Waals surface area contributed by atoms with Gasteiger partial charge in [0.05, 0.1) is 16.9 Å². The second-order valence-corrected chi connectivity index (χ2v) is 7.47. The Morgan fingerprint density at radius 3 is 2.76 bits per heavy atom. The molecule has 0 fully saturated rings. The smallest absolute Gasteiger partial charge is 0.267 e. The van der Waals surface area contributed by atoms with Crippen LogP contribution in [-0.4, -0.2) is 10.9 Å². The lowest BCUT2D eigenvalue weighted by molar-refractivity contribution is 0.102. The van der Waals surface area contributed by atoms with Gasteiger partial charge >= 0.3 is 0 Å². The van der Waals surface area contributed by atoms with Crippen LogP contribution in [0, 0.1) is 5.92 Å². The molecule has 0 aliphatic carbocycles. The lowest BCUT2D eigenvalue weighted by Gasteiger charge is -2.15. The van der Waals surface area contributed by atoms with Crippen LogP contribution in [0.2, 0.25) is 0 Å². The number of rotatable bonds is 6. The Bertz CT molecular complexity index is 601. The Morgan fingerprint density at radius 1 is 1.33 bits per heavy atom. The maximum Gasteiger partial charge on any atom is 0.267 e. The summed E-state index contributed by atoms with van der Waals surface area (Å²) in [5.74, 6) is 1.08. The van der Waals surface area contributed by atoms with Gasteiger partial charge in [0.1, 0.15) is 4.88 Å². The number of aryl methyl sites for hydroxylation is 1. The zero-order valence-corrected chi connectivity index (χ0v) is 14.6. The van der Waals surface area contributed by atoms with Crippen LogP contribution in [0.1, 0.15) is 60.3 Å². The summed E-state index contributed by atoms with van der Waals surface area (Å²) in [6, 6.07) is 2.00. The summed E-state index contributed by atoms with van der Waals surface area (Å²) in [5.41, 5.74) is 3.57. The molecule has 1 amide bonds. The van der Waals surface area contributed by atoms with E-state index in [1.54, 1.807) is 16.8 Å². The number of thiazole rings is 1. The summed E-state index contributed by atoms with van der Waals surface area (Å²) >= 11 is 3.13. The molecule has 2 aromatic rings. The van der Waals surface area contributed by atoms with Crippen molar-refractivity contribution < 1.29 is 4.79 Å². The number of hydrogen-bond acceptors (Lipinski definition) is 4. The number of amides is 1. The molecule has 2 aromatic heterocycles. The van der Waals surface area contributed by atoms with E-state index in [2.05, 4.69) is 36.5 Å². The van der Waals surface area contributed by atoms with Crippen molar-refractivity contribution in [3.05, 3.63) is 32.4 Å². The summed E-state index contributed by atoms with van der Waals surface area (Å²) in [6.45, 7) is 8.71. The van der Waals surface area contributed by atoms with Gasteiger partial charge in [-0.1, -0.05) is 27.7 Å². The van der Waals surface area contributed by atoms with Gasteiger partial charge in [-0.3, -0.25) is 4.79 Å². The van der Waals surface area contributed by atoms with Crippen LogP contribution < -0.4 is 5.32 Å². The number of nitrogens with one attached hydrogen (secondary N) is 1. The third-order valence-electron chi connectivity index (χ3n) is 3.40. The fourth-order valence-corrected chi connectivity index (χ4v) is 4.21. The zero-order valence-electron chi connectivity index (χ0n) is 13.0. The van der Waals surface area contributed by atoms with Crippen LogP contribution in [0.5, 0.6) is 0 Å². The molecular weight excluding hydrogens is 300 g/mol. The largest absolute Gasteiger partial charge is 0.320 e. The first kappa shape index (κ1) is 16.2. The third-order valence-corrected chi connectivity index (χ3v) is 5.41. The molecule has 0 aromatic carbocycles.